The van der Waals surface area contributed by atoms with Crippen LogP contribution in [-0.4, -0.2) is 74.6 Å². The summed E-state index contributed by atoms with van der Waals surface area (Å²) in [6, 6.07) is 15.2. The van der Waals surface area contributed by atoms with Gasteiger partial charge in [-0.2, -0.15) is 4.98 Å². The molecule has 2 aromatic heterocycles. The molecule has 3 atom stereocenters. The molecule has 0 spiro atoms. The van der Waals surface area contributed by atoms with E-state index in [1.165, 1.54) is 12.3 Å². The van der Waals surface area contributed by atoms with Crippen LogP contribution in [0.3, 0.4) is 0 Å². The van der Waals surface area contributed by atoms with Crippen molar-refractivity contribution in [3.63, 3.8) is 0 Å². The van der Waals surface area contributed by atoms with Gasteiger partial charge in [0.2, 0.25) is 0 Å². The third kappa shape index (κ3) is 5.81. The normalized spacial score (nSPS) is 19.8. The van der Waals surface area contributed by atoms with Crippen molar-refractivity contribution in [3.8, 4) is 29.6 Å². The summed E-state index contributed by atoms with van der Waals surface area (Å²) < 4.78 is 51.9. The molecule has 3 aromatic carbocycles. The first-order valence-corrected chi connectivity index (χ1v) is 16.0. The van der Waals surface area contributed by atoms with Gasteiger partial charge in [0.05, 0.1) is 23.1 Å². The molecule has 2 aliphatic rings. The highest BCUT2D eigenvalue weighted by atomic mass is 19.1. The molecule has 5 aromatic rings. The quantitative estimate of drug-likeness (QED) is 0.164. The number of ether oxygens (including phenoxy) is 1. The number of nitrogens with zero attached hydrogens (tertiary/aromatic N) is 4. The molecule has 0 aliphatic carbocycles. The Bertz CT molecular complexity index is 2050. The molecular weight excluding hydrogens is 619 g/mol. The van der Waals surface area contributed by atoms with Crippen molar-refractivity contribution in [3.05, 3.63) is 89.1 Å². The van der Waals surface area contributed by atoms with E-state index in [2.05, 4.69) is 31.1 Å². The van der Waals surface area contributed by atoms with E-state index in [9.17, 15) is 19.0 Å². The first-order valence-electron chi connectivity index (χ1n) is 16.0. The van der Waals surface area contributed by atoms with Gasteiger partial charge in [0.1, 0.15) is 41.7 Å². The average Bonchev–Trinajstić information content (AvgIpc) is 3.63. The summed E-state index contributed by atoms with van der Waals surface area (Å²) in [5.41, 5.74) is 1.23. The summed E-state index contributed by atoms with van der Waals surface area (Å²) in [6.07, 6.45) is 7.89. The fourth-order valence-electron chi connectivity index (χ4n) is 7.15. The maximum atomic E-state index is 16.6. The number of terminal acetylenes is 1. The number of halogens is 3. The van der Waals surface area contributed by atoms with Gasteiger partial charge < -0.3 is 20.3 Å². The number of pyridine rings is 1. The van der Waals surface area contributed by atoms with Crippen LogP contribution in [-0.2, 0) is 6.42 Å². The Hall–Kier alpha value is -4.76. The minimum atomic E-state index is -0.987. The zero-order chi connectivity index (χ0) is 33.4. The van der Waals surface area contributed by atoms with Gasteiger partial charge in [-0.15, -0.1) is 6.42 Å². The number of anilines is 1. The van der Waals surface area contributed by atoms with E-state index in [0.29, 0.717) is 59.0 Å². The molecule has 11 heteroatoms. The summed E-state index contributed by atoms with van der Waals surface area (Å²) in [5.74, 6) is 1.35. The molecular formula is C37H34F3N5O3. The zero-order valence-electron chi connectivity index (χ0n) is 26.1. The number of aliphatic hydroxyl groups is 2. The molecule has 0 amide bonds. The standard InChI is InChI=1S/C37H34F3N5O3/c1-2-26-29(39)11-10-23-7-4-9-27(31(23)26)33-32(40)34-28(35(43-33)41-14-12-22-6-3-8-24(16-22)30(47)20-46)18-42-36(44-34)48-21-37-13-5-15-45(37)19-25(38)17-37/h1,3-4,6-11,16,18,25,30,46-47H,5,12-15,17,19-21H2,(H,41,43)/t25-,30?,37+/m1/s1. The monoisotopic (exact) mass is 653 g/mol. The largest absolute Gasteiger partial charge is 0.461 e. The number of fused-ring (bicyclic) bond motifs is 3. The van der Waals surface area contributed by atoms with Crippen LogP contribution in [0.2, 0.25) is 0 Å². The van der Waals surface area contributed by atoms with Gasteiger partial charge in [0.25, 0.3) is 0 Å². The van der Waals surface area contributed by atoms with Crippen LogP contribution in [0.4, 0.5) is 19.0 Å². The molecule has 8 nitrogen and oxygen atoms in total. The van der Waals surface area contributed by atoms with Gasteiger partial charge in [-0.1, -0.05) is 54.5 Å². The smallest absolute Gasteiger partial charge is 0.317 e. The first kappa shape index (κ1) is 31.8. The molecule has 246 valence electrons. The minimum Gasteiger partial charge on any atom is -0.461 e. The summed E-state index contributed by atoms with van der Waals surface area (Å²) in [5, 5.41) is 24.0. The Labute approximate surface area is 275 Å². The van der Waals surface area contributed by atoms with Crippen LogP contribution in [0.15, 0.2) is 60.8 Å². The molecule has 0 saturated carbocycles. The second-order valence-corrected chi connectivity index (χ2v) is 12.5. The Kier molecular flexibility index (Phi) is 8.64. The lowest BCUT2D eigenvalue weighted by atomic mass is 9.95. The number of rotatable bonds is 10. The molecule has 0 bridgehead atoms. The minimum absolute atomic E-state index is 0.00123. The number of aliphatic hydroxyl groups excluding tert-OH is 2. The lowest BCUT2D eigenvalue weighted by Crippen LogP contribution is -2.43. The van der Waals surface area contributed by atoms with Crippen LogP contribution in [0.25, 0.3) is 32.9 Å². The van der Waals surface area contributed by atoms with Gasteiger partial charge in [0.15, 0.2) is 5.82 Å². The highest BCUT2D eigenvalue weighted by Gasteiger charge is 2.49. The molecule has 48 heavy (non-hydrogen) atoms. The van der Waals surface area contributed by atoms with Gasteiger partial charge >= 0.3 is 6.01 Å². The molecule has 3 N–H and O–H groups in total. The van der Waals surface area contributed by atoms with Crippen molar-refractivity contribution in [2.75, 3.05) is 38.2 Å². The van der Waals surface area contributed by atoms with Crippen molar-refractivity contribution in [2.45, 2.75) is 43.5 Å². The van der Waals surface area contributed by atoms with Crippen LogP contribution in [0, 0.1) is 24.0 Å². The van der Waals surface area contributed by atoms with Gasteiger partial charge in [-0.3, -0.25) is 4.90 Å². The fourth-order valence-corrected chi connectivity index (χ4v) is 7.15. The lowest BCUT2D eigenvalue weighted by molar-refractivity contribution is 0.0955. The Morgan fingerprint density at radius 1 is 1.15 bits per heavy atom. The van der Waals surface area contributed by atoms with Crippen LogP contribution < -0.4 is 10.1 Å². The fraction of sp³-hybridized carbons (Fsp3) is 0.324. The molecule has 2 fully saturated rings. The number of hydrogen-bond donors (Lipinski definition) is 3. The van der Waals surface area contributed by atoms with Crippen molar-refractivity contribution < 1.29 is 28.1 Å². The summed E-state index contributed by atoms with van der Waals surface area (Å²) >= 11 is 0. The topological polar surface area (TPSA) is 104 Å². The second-order valence-electron chi connectivity index (χ2n) is 12.5. The molecule has 2 saturated heterocycles. The number of nitrogens with one attached hydrogen (secondary N) is 1. The Morgan fingerprint density at radius 2 is 2.00 bits per heavy atom. The van der Waals surface area contributed by atoms with Crippen LogP contribution in [0.1, 0.15) is 42.1 Å². The maximum absolute atomic E-state index is 16.6. The van der Waals surface area contributed by atoms with E-state index in [-0.39, 0.29) is 29.4 Å². The average molecular weight is 654 g/mol. The number of hydrogen-bond acceptors (Lipinski definition) is 8. The lowest BCUT2D eigenvalue weighted by Gasteiger charge is -2.30. The van der Waals surface area contributed by atoms with E-state index >= 15 is 4.39 Å². The van der Waals surface area contributed by atoms with E-state index in [1.807, 2.05) is 12.1 Å². The second kappa shape index (κ2) is 13.0. The highest BCUT2D eigenvalue weighted by molar-refractivity contribution is 6.02. The van der Waals surface area contributed by atoms with Crippen LogP contribution >= 0.6 is 0 Å². The maximum Gasteiger partial charge on any atom is 0.317 e. The Morgan fingerprint density at radius 3 is 2.83 bits per heavy atom. The van der Waals surface area contributed by atoms with E-state index < -0.39 is 36.1 Å². The molecule has 7 rings (SSSR count). The molecule has 2 aliphatic heterocycles. The zero-order valence-corrected chi connectivity index (χ0v) is 26.1. The first-order chi connectivity index (χ1) is 23.3. The third-order valence-electron chi connectivity index (χ3n) is 9.50. The van der Waals surface area contributed by atoms with Gasteiger partial charge in [0, 0.05) is 36.7 Å². The number of aromatic nitrogens is 3. The van der Waals surface area contributed by atoms with Crippen molar-refractivity contribution in [2.24, 2.45) is 0 Å². The predicted molar refractivity (Wildman–Crippen MR) is 177 cm³/mol. The van der Waals surface area contributed by atoms with E-state index in [1.54, 1.807) is 36.4 Å². The summed E-state index contributed by atoms with van der Waals surface area (Å²) in [6.45, 7) is 1.34. The summed E-state index contributed by atoms with van der Waals surface area (Å²) in [7, 11) is 0. The van der Waals surface area contributed by atoms with Gasteiger partial charge in [-0.25, -0.2) is 23.1 Å². The van der Waals surface area contributed by atoms with E-state index in [0.717, 1.165) is 24.9 Å². The van der Waals surface area contributed by atoms with Crippen molar-refractivity contribution in [1.82, 2.24) is 19.9 Å². The molecule has 4 heterocycles. The third-order valence-corrected chi connectivity index (χ3v) is 9.50. The van der Waals surface area contributed by atoms with Crippen molar-refractivity contribution in [1.29, 1.82) is 0 Å². The molecule has 1 unspecified atom stereocenters. The SMILES string of the molecule is C#Cc1c(F)ccc2cccc(-c3nc(NCCc4cccc(C(O)CO)c4)c4cnc(OC[C@@]56CCCN5C[C@H](F)C6)nc4c3F)c12. The summed E-state index contributed by atoms with van der Waals surface area (Å²) in [4.78, 5) is 15.7. The Balaban J connectivity index is 1.28. The number of benzene rings is 3. The van der Waals surface area contributed by atoms with Crippen molar-refractivity contribution >= 4 is 27.5 Å². The molecule has 0 radical (unpaired) electrons. The van der Waals surface area contributed by atoms with E-state index in [4.69, 9.17) is 11.2 Å². The van der Waals surface area contributed by atoms with Crippen LogP contribution in [0.5, 0.6) is 6.01 Å². The predicted octanol–water partition coefficient (Wildman–Crippen LogP) is 5.74. The van der Waals surface area contributed by atoms with Gasteiger partial charge in [-0.05, 0) is 48.4 Å². The number of alkyl halides is 1. The highest BCUT2D eigenvalue weighted by Crippen LogP contribution is 2.41.